The second-order valence-corrected chi connectivity index (χ2v) is 5.11. The molecule has 2 rings (SSSR count). The molecule has 18 heavy (non-hydrogen) atoms. The summed E-state index contributed by atoms with van der Waals surface area (Å²) in [4.78, 5) is 8.44. The first kappa shape index (κ1) is 13.4. The Hall–Kier alpha value is -1.05. The zero-order valence-electron chi connectivity index (χ0n) is 10.3. The summed E-state index contributed by atoms with van der Waals surface area (Å²) in [7, 11) is 0. The molecule has 0 unspecified atom stereocenters. The molecular formula is C11H18N4O2S. The predicted molar refractivity (Wildman–Crippen MR) is 71.7 cm³/mol. The van der Waals surface area contributed by atoms with Crippen molar-refractivity contribution in [1.29, 1.82) is 0 Å². The van der Waals surface area contributed by atoms with Gasteiger partial charge in [-0.2, -0.15) is 0 Å². The van der Waals surface area contributed by atoms with E-state index in [0.29, 0.717) is 30.0 Å². The molecule has 0 aliphatic carbocycles. The molecule has 7 heteroatoms. The van der Waals surface area contributed by atoms with Crippen molar-refractivity contribution in [3.05, 3.63) is 6.07 Å². The van der Waals surface area contributed by atoms with Gasteiger partial charge >= 0.3 is 0 Å². The van der Waals surface area contributed by atoms with Crippen LogP contribution in [0.4, 0.5) is 11.6 Å². The van der Waals surface area contributed by atoms with Crippen LogP contribution in [0, 0.1) is 0 Å². The van der Waals surface area contributed by atoms with Gasteiger partial charge in [0, 0.05) is 19.3 Å². The third-order valence-corrected chi connectivity index (χ3v) is 3.60. The Bertz CT molecular complexity index is 410. The van der Waals surface area contributed by atoms with E-state index in [1.165, 1.54) is 11.8 Å². The highest BCUT2D eigenvalue weighted by Crippen LogP contribution is 2.26. The summed E-state index contributed by atoms with van der Waals surface area (Å²) in [5.41, 5.74) is 5.37. The molecular weight excluding hydrogens is 252 g/mol. The fourth-order valence-corrected chi connectivity index (χ4v) is 2.34. The molecule has 0 saturated carbocycles. The molecule has 100 valence electrons. The van der Waals surface area contributed by atoms with Gasteiger partial charge in [0.15, 0.2) is 5.16 Å². The molecule has 2 heterocycles. The van der Waals surface area contributed by atoms with E-state index in [0.717, 1.165) is 12.8 Å². The lowest BCUT2D eigenvalue weighted by Crippen LogP contribution is -2.47. The fraction of sp³-hybridized carbons (Fsp3) is 0.636. The number of rotatable bonds is 4. The van der Waals surface area contributed by atoms with Crippen LogP contribution in [0.5, 0.6) is 0 Å². The standard InChI is InChI=1S/C11H18N4O2S/c1-18-10-13-8(12)6-9(14-10)15-11(7-16)2-4-17-5-3-11/h6,16H,2-5,7H2,1H3,(H3,12,13,14,15). The second kappa shape index (κ2) is 5.73. The van der Waals surface area contributed by atoms with Crippen LogP contribution >= 0.6 is 11.8 Å². The van der Waals surface area contributed by atoms with Crippen LogP contribution in [0.25, 0.3) is 0 Å². The molecule has 1 saturated heterocycles. The highest BCUT2D eigenvalue weighted by atomic mass is 32.2. The van der Waals surface area contributed by atoms with Crippen LogP contribution in [-0.2, 0) is 4.74 Å². The monoisotopic (exact) mass is 270 g/mol. The number of aliphatic hydroxyl groups is 1. The van der Waals surface area contributed by atoms with Gasteiger partial charge in [0.05, 0.1) is 12.1 Å². The van der Waals surface area contributed by atoms with E-state index in [4.69, 9.17) is 10.5 Å². The van der Waals surface area contributed by atoms with E-state index in [-0.39, 0.29) is 12.1 Å². The van der Waals surface area contributed by atoms with E-state index in [9.17, 15) is 5.11 Å². The minimum Gasteiger partial charge on any atom is -0.394 e. The Morgan fingerprint density at radius 3 is 2.83 bits per heavy atom. The van der Waals surface area contributed by atoms with Crippen molar-refractivity contribution in [1.82, 2.24) is 9.97 Å². The van der Waals surface area contributed by atoms with Crippen LogP contribution in [0.1, 0.15) is 12.8 Å². The van der Waals surface area contributed by atoms with Crippen molar-refractivity contribution in [2.24, 2.45) is 0 Å². The molecule has 1 aliphatic heterocycles. The summed E-state index contributed by atoms with van der Waals surface area (Å²) < 4.78 is 5.32. The smallest absolute Gasteiger partial charge is 0.191 e. The number of aromatic nitrogens is 2. The van der Waals surface area contributed by atoms with Crippen LogP contribution in [0.3, 0.4) is 0 Å². The van der Waals surface area contributed by atoms with Crippen molar-refractivity contribution >= 4 is 23.4 Å². The fourth-order valence-electron chi connectivity index (χ4n) is 1.95. The molecule has 1 aromatic heterocycles. The van der Waals surface area contributed by atoms with Gasteiger partial charge in [0.1, 0.15) is 11.6 Å². The highest BCUT2D eigenvalue weighted by molar-refractivity contribution is 7.98. The van der Waals surface area contributed by atoms with Crippen LogP contribution < -0.4 is 11.1 Å². The van der Waals surface area contributed by atoms with Crippen molar-refractivity contribution < 1.29 is 9.84 Å². The molecule has 0 aromatic carbocycles. The van der Waals surface area contributed by atoms with E-state index in [1.54, 1.807) is 6.07 Å². The number of nitrogens with one attached hydrogen (secondary N) is 1. The molecule has 1 aliphatic rings. The van der Waals surface area contributed by atoms with Gasteiger partial charge in [0.2, 0.25) is 0 Å². The zero-order chi connectivity index (χ0) is 13.0. The van der Waals surface area contributed by atoms with E-state index < -0.39 is 0 Å². The lowest BCUT2D eigenvalue weighted by Gasteiger charge is -2.36. The normalized spacial score (nSPS) is 18.6. The maximum Gasteiger partial charge on any atom is 0.191 e. The first-order valence-corrected chi connectivity index (χ1v) is 7.05. The summed E-state index contributed by atoms with van der Waals surface area (Å²) in [6.45, 7) is 1.34. The Morgan fingerprint density at radius 2 is 2.22 bits per heavy atom. The SMILES string of the molecule is CSc1nc(N)cc(NC2(CO)CCOCC2)n1. The maximum atomic E-state index is 9.60. The third-order valence-electron chi connectivity index (χ3n) is 3.05. The van der Waals surface area contributed by atoms with Gasteiger partial charge in [-0.1, -0.05) is 11.8 Å². The van der Waals surface area contributed by atoms with Gasteiger partial charge < -0.3 is 20.9 Å². The first-order chi connectivity index (χ1) is 8.67. The molecule has 6 nitrogen and oxygen atoms in total. The number of thioether (sulfide) groups is 1. The Morgan fingerprint density at radius 1 is 1.50 bits per heavy atom. The average molecular weight is 270 g/mol. The predicted octanol–water partition coefficient (Wildman–Crippen LogP) is 0.734. The van der Waals surface area contributed by atoms with E-state index in [1.807, 2.05) is 6.26 Å². The van der Waals surface area contributed by atoms with Gasteiger partial charge in [0.25, 0.3) is 0 Å². The molecule has 0 amide bonds. The Balaban J connectivity index is 2.18. The topological polar surface area (TPSA) is 93.3 Å². The minimum absolute atomic E-state index is 0.0505. The lowest BCUT2D eigenvalue weighted by molar-refractivity contribution is 0.0378. The number of hydrogen-bond donors (Lipinski definition) is 3. The number of anilines is 2. The van der Waals surface area contributed by atoms with Crippen molar-refractivity contribution in [2.45, 2.75) is 23.5 Å². The molecule has 1 fully saturated rings. The highest BCUT2D eigenvalue weighted by Gasteiger charge is 2.32. The molecule has 0 atom stereocenters. The number of ether oxygens (including phenoxy) is 1. The molecule has 0 spiro atoms. The number of hydrogen-bond acceptors (Lipinski definition) is 7. The largest absolute Gasteiger partial charge is 0.394 e. The maximum absolute atomic E-state index is 9.60. The molecule has 0 bridgehead atoms. The van der Waals surface area contributed by atoms with Gasteiger partial charge in [-0.25, -0.2) is 9.97 Å². The first-order valence-electron chi connectivity index (χ1n) is 5.83. The lowest BCUT2D eigenvalue weighted by atomic mass is 9.91. The van der Waals surface area contributed by atoms with Crippen molar-refractivity contribution in [3.63, 3.8) is 0 Å². The van der Waals surface area contributed by atoms with Crippen molar-refractivity contribution in [3.8, 4) is 0 Å². The molecule has 1 aromatic rings. The Labute approximate surface area is 110 Å². The quantitative estimate of drug-likeness (QED) is 0.548. The number of aliphatic hydroxyl groups excluding tert-OH is 1. The third kappa shape index (κ3) is 3.04. The number of nitrogens with zero attached hydrogens (tertiary/aromatic N) is 2. The second-order valence-electron chi connectivity index (χ2n) is 4.34. The Kier molecular flexibility index (Phi) is 4.26. The minimum atomic E-state index is -0.366. The summed E-state index contributed by atoms with van der Waals surface area (Å²) in [6.07, 6.45) is 3.40. The summed E-state index contributed by atoms with van der Waals surface area (Å²) >= 11 is 1.44. The van der Waals surface area contributed by atoms with E-state index in [2.05, 4.69) is 15.3 Å². The zero-order valence-corrected chi connectivity index (χ0v) is 11.2. The molecule has 4 N–H and O–H groups in total. The van der Waals surface area contributed by atoms with Gasteiger partial charge in [-0.15, -0.1) is 0 Å². The summed E-state index contributed by atoms with van der Waals surface area (Å²) in [5.74, 6) is 1.08. The number of nitrogens with two attached hydrogens (primary N) is 1. The summed E-state index contributed by atoms with van der Waals surface area (Å²) in [6, 6.07) is 1.69. The van der Waals surface area contributed by atoms with Crippen LogP contribution in [0.15, 0.2) is 11.2 Å². The van der Waals surface area contributed by atoms with E-state index >= 15 is 0 Å². The van der Waals surface area contributed by atoms with Crippen LogP contribution in [-0.4, -0.2) is 46.7 Å². The van der Waals surface area contributed by atoms with Crippen molar-refractivity contribution in [2.75, 3.05) is 37.1 Å². The van der Waals surface area contributed by atoms with Crippen LogP contribution in [0.2, 0.25) is 0 Å². The molecule has 0 radical (unpaired) electrons. The average Bonchev–Trinajstić information content (AvgIpc) is 2.39. The van der Waals surface area contributed by atoms with Gasteiger partial charge in [-0.05, 0) is 19.1 Å². The van der Waals surface area contributed by atoms with Gasteiger partial charge in [-0.3, -0.25) is 0 Å². The summed E-state index contributed by atoms with van der Waals surface area (Å²) in [5, 5.41) is 13.5. The number of nitrogen functional groups attached to an aromatic ring is 1.